The first-order chi connectivity index (χ1) is 7.30. The topological polar surface area (TPSA) is 37.3 Å². The lowest BCUT2D eigenvalue weighted by Crippen LogP contribution is -2.06. The zero-order chi connectivity index (χ0) is 12.3. The lowest BCUT2D eigenvalue weighted by Gasteiger charge is -2.10. The Hall–Kier alpha value is -1.52. The fourth-order valence-electron chi connectivity index (χ4n) is 1.39. The minimum atomic E-state index is -4.35. The van der Waals surface area contributed by atoms with Crippen LogP contribution >= 0.6 is 0 Å². The number of alkyl halides is 3. The van der Waals surface area contributed by atoms with E-state index in [1.54, 1.807) is 6.92 Å². The molecular formula is C11H11F3O2. The predicted molar refractivity (Wildman–Crippen MR) is 52.1 cm³/mol. The lowest BCUT2D eigenvalue weighted by atomic mass is 10.0. The maximum absolute atomic E-state index is 12.3. The number of carbonyl (C=O) groups is 1. The number of aryl methyl sites for hydroxylation is 2. The van der Waals surface area contributed by atoms with Gasteiger partial charge in [0.2, 0.25) is 0 Å². The van der Waals surface area contributed by atoms with Crippen molar-refractivity contribution in [3.05, 3.63) is 34.9 Å². The van der Waals surface area contributed by atoms with Crippen LogP contribution in [-0.2, 0) is 17.4 Å². The Balaban J connectivity index is 2.88. The smallest absolute Gasteiger partial charge is 0.416 e. The van der Waals surface area contributed by atoms with E-state index in [0.717, 1.165) is 12.1 Å². The van der Waals surface area contributed by atoms with Crippen molar-refractivity contribution in [2.75, 3.05) is 0 Å². The quantitative estimate of drug-likeness (QED) is 0.869. The van der Waals surface area contributed by atoms with E-state index in [9.17, 15) is 18.0 Å². The van der Waals surface area contributed by atoms with Crippen LogP contribution in [0.2, 0.25) is 0 Å². The summed E-state index contributed by atoms with van der Waals surface area (Å²) in [7, 11) is 0. The van der Waals surface area contributed by atoms with Crippen molar-refractivity contribution >= 4 is 5.97 Å². The van der Waals surface area contributed by atoms with Crippen molar-refractivity contribution in [3.8, 4) is 0 Å². The Morgan fingerprint density at radius 2 is 2.00 bits per heavy atom. The highest BCUT2D eigenvalue weighted by Gasteiger charge is 2.30. The van der Waals surface area contributed by atoms with Gasteiger partial charge in [-0.05, 0) is 36.6 Å². The molecule has 0 atom stereocenters. The minimum absolute atomic E-state index is 0.0772. The first kappa shape index (κ1) is 12.5. The number of benzene rings is 1. The second kappa shape index (κ2) is 4.55. The lowest BCUT2D eigenvalue weighted by molar-refractivity contribution is -0.138. The molecule has 0 spiro atoms. The first-order valence-electron chi connectivity index (χ1n) is 4.69. The van der Waals surface area contributed by atoms with Crippen LogP contribution in [0, 0.1) is 6.92 Å². The van der Waals surface area contributed by atoms with Gasteiger partial charge in [0.05, 0.1) is 5.56 Å². The van der Waals surface area contributed by atoms with Crippen LogP contribution in [-0.4, -0.2) is 11.1 Å². The molecule has 1 rings (SSSR count). The fraction of sp³-hybridized carbons (Fsp3) is 0.364. The van der Waals surface area contributed by atoms with E-state index in [1.165, 1.54) is 6.07 Å². The van der Waals surface area contributed by atoms with Gasteiger partial charge in [-0.15, -0.1) is 0 Å². The first-order valence-corrected chi connectivity index (χ1v) is 4.69. The zero-order valence-corrected chi connectivity index (χ0v) is 8.64. The molecule has 16 heavy (non-hydrogen) atoms. The predicted octanol–water partition coefficient (Wildman–Crippen LogP) is 3.03. The standard InChI is InChI=1S/C11H11F3O2/c1-7-6-9(11(12,13)14)4-2-8(7)3-5-10(15)16/h2,4,6H,3,5H2,1H3,(H,15,16). The monoisotopic (exact) mass is 232 g/mol. The molecular weight excluding hydrogens is 221 g/mol. The van der Waals surface area contributed by atoms with E-state index in [2.05, 4.69) is 0 Å². The van der Waals surface area contributed by atoms with Gasteiger partial charge in [0, 0.05) is 6.42 Å². The van der Waals surface area contributed by atoms with Crippen molar-refractivity contribution in [3.63, 3.8) is 0 Å². The number of carboxylic acids is 1. The van der Waals surface area contributed by atoms with Crippen LogP contribution in [0.3, 0.4) is 0 Å². The van der Waals surface area contributed by atoms with Gasteiger partial charge in [-0.2, -0.15) is 13.2 Å². The average Bonchev–Trinajstić information content (AvgIpc) is 2.14. The molecule has 0 aromatic heterocycles. The van der Waals surface area contributed by atoms with E-state index in [0.29, 0.717) is 11.1 Å². The molecule has 0 radical (unpaired) electrons. The van der Waals surface area contributed by atoms with Gasteiger partial charge < -0.3 is 5.11 Å². The second-order valence-corrected chi connectivity index (χ2v) is 3.53. The van der Waals surface area contributed by atoms with Crippen LogP contribution < -0.4 is 0 Å². The Morgan fingerprint density at radius 3 is 2.44 bits per heavy atom. The molecule has 0 saturated carbocycles. The van der Waals surface area contributed by atoms with Gasteiger partial charge in [0.1, 0.15) is 0 Å². The summed E-state index contributed by atoms with van der Waals surface area (Å²) >= 11 is 0. The van der Waals surface area contributed by atoms with Crippen molar-refractivity contribution in [2.24, 2.45) is 0 Å². The summed E-state index contributed by atoms with van der Waals surface area (Å²) in [6.45, 7) is 1.55. The van der Waals surface area contributed by atoms with E-state index in [4.69, 9.17) is 5.11 Å². The molecule has 0 unspecified atom stereocenters. The SMILES string of the molecule is Cc1cc(C(F)(F)F)ccc1CCC(=O)O. The average molecular weight is 232 g/mol. The summed E-state index contributed by atoms with van der Waals surface area (Å²) in [5.74, 6) is -0.959. The normalized spacial score (nSPS) is 11.5. The molecule has 0 bridgehead atoms. The molecule has 0 amide bonds. The summed E-state index contributed by atoms with van der Waals surface area (Å²) in [4.78, 5) is 10.3. The molecule has 88 valence electrons. The van der Waals surface area contributed by atoms with Gasteiger partial charge in [-0.3, -0.25) is 4.79 Å². The molecule has 1 aromatic rings. The van der Waals surface area contributed by atoms with Crippen LogP contribution in [0.25, 0.3) is 0 Å². The Labute approximate surface area is 90.7 Å². The third kappa shape index (κ3) is 3.25. The summed E-state index contributed by atoms with van der Waals surface area (Å²) in [6.07, 6.45) is -4.18. The van der Waals surface area contributed by atoms with Gasteiger partial charge in [-0.1, -0.05) is 6.07 Å². The number of hydrogen-bond acceptors (Lipinski definition) is 1. The number of aliphatic carboxylic acids is 1. The highest BCUT2D eigenvalue weighted by molar-refractivity contribution is 5.67. The number of halogens is 3. The largest absolute Gasteiger partial charge is 0.481 e. The van der Waals surface area contributed by atoms with E-state index >= 15 is 0 Å². The number of carboxylic acid groups (broad SMARTS) is 1. The molecule has 5 heteroatoms. The summed E-state index contributed by atoms with van der Waals surface area (Å²) in [6, 6.07) is 3.35. The second-order valence-electron chi connectivity index (χ2n) is 3.53. The molecule has 0 aliphatic rings. The van der Waals surface area contributed by atoms with E-state index in [1.807, 2.05) is 0 Å². The van der Waals surface area contributed by atoms with Crippen LogP contribution in [0.5, 0.6) is 0 Å². The third-order valence-electron chi connectivity index (χ3n) is 2.28. The Kier molecular flexibility index (Phi) is 3.57. The summed E-state index contributed by atoms with van der Waals surface area (Å²) in [5.41, 5.74) is 0.399. The van der Waals surface area contributed by atoms with E-state index < -0.39 is 17.7 Å². The molecule has 2 nitrogen and oxygen atoms in total. The summed E-state index contributed by atoms with van der Waals surface area (Å²) in [5, 5.41) is 8.47. The fourth-order valence-corrected chi connectivity index (χ4v) is 1.39. The van der Waals surface area contributed by atoms with Gasteiger partial charge >= 0.3 is 12.1 Å². The minimum Gasteiger partial charge on any atom is -0.481 e. The van der Waals surface area contributed by atoms with Gasteiger partial charge in [-0.25, -0.2) is 0 Å². The highest BCUT2D eigenvalue weighted by Crippen LogP contribution is 2.30. The van der Waals surface area contributed by atoms with Gasteiger partial charge in [0.15, 0.2) is 0 Å². The molecule has 0 aliphatic carbocycles. The van der Waals surface area contributed by atoms with Crippen LogP contribution in [0.15, 0.2) is 18.2 Å². The molecule has 1 aromatic carbocycles. The zero-order valence-electron chi connectivity index (χ0n) is 8.64. The van der Waals surface area contributed by atoms with Crippen molar-refractivity contribution in [2.45, 2.75) is 25.9 Å². The van der Waals surface area contributed by atoms with Gasteiger partial charge in [0.25, 0.3) is 0 Å². The molecule has 0 aliphatic heterocycles. The van der Waals surface area contributed by atoms with Crippen LogP contribution in [0.1, 0.15) is 23.1 Å². The van der Waals surface area contributed by atoms with Crippen molar-refractivity contribution < 1.29 is 23.1 Å². The maximum Gasteiger partial charge on any atom is 0.416 e. The number of hydrogen-bond donors (Lipinski definition) is 1. The molecule has 1 N–H and O–H groups in total. The molecule has 0 heterocycles. The maximum atomic E-state index is 12.3. The van der Waals surface area contributed by atoms with Crippen LogP contribution in [0.4, 0.5) is 13.2 Å². The number of rotatable bonds is 3. The van der Waals surface area contributed by atoms with E-state index in [-0.39, 0.29) is 12.8 Å². The highest BCUT2D eigenvalue weighted by atomic mass is 19.4. The van der Waals surface area contributed by atoms with Crippen molar-refractivity contribution in [1.82, 2.24) is 0 Å². The molecule has 0 saturated heterocycles. The molecule has 0 fully saturated rings. The van der Waals surface area contributed by atoms with Crippen molar-refractivity contribution in [1.29, 1.82) is 0 Å². The summed E-state index contributed by atoms with van der Waals surface area (Å²) < 4.78 is 37.0. The Bertz CT molecular complexity index is 397. The Morgan fingerprint density at radius 1 is 1.38 bits per heavy atom. The third-order valence-corrected chi connectivity index (χ3v) is 2.28.